The van der Waals surface area contributed by atoms with Crippen molar-refractivity contribution in [1.82, 2.24) is 5.32 Å². The van der Waals surface area contributed by atoms with Crippen LogP contribution in [-0.2, 0) is 32.3 Å². The van der Waals surface area contributed by atoms with Gasteiger partial charge in [0.1, 0.15) is 0 Å². The van der Waals surface area contributed by atoms with Crippen LogP contribution in [0.4, 0.5) is 5.69 Å². The molecule has 0 spiro atoms. The lowest BCUT2D eigenvalue weighted by Crippen LogP contribution is -2.31. The van der Waals surface area contributed by atoms with E-state index in [2.05, 4.69) is 5.32 Å². The molecule has 0 saturated carbocycles. The smallest absolute Gasteiger partial charge is 0.227 e. The minimum Gasteiger partial charge on any atom is -0.356 e. The molecule has 0 aromatic heterocycles. The van der Waals surface area contributed by atoms with Gasteiger partial charge in [0.05, 0.1) is 4.90 Å². The normalized spacial score (nSPS) is 13.2. The minimum absolute atomic E-state index is 0.121. The molecule has 0 radical (unpaired) electrons. The zero-order chi connectivity index (χ0) is 20.1. The predicted octanol–water partition coefficient (Wildman–Crippen LogP) is 2.12. The van der Waals surface area contributed by atoms with E-state index in [0.717, 1.165) is 23.2 Å². The van der Waals surface area contributed by atoms with Crippen molar-refractivity contribution in [3.05, 3.63) is 59.7 Å². The topological polar surface area (TPSA) is 83.6 Å². The maximum atomic E-state index is 12.5. The molecule has 28 heavy (non-hydrogen) atoms. The Balaban J connectivity index is 1.49. The van der Waals surface area contributed by atoms with E-state index in [0.29, 0.717) is 19.5 Å². The summed E-state index contributed by atoms with van der Waals surface area (Å²) < 4.78 is 23.4. The van der Waals surface area contributed by atoms with Crippen LogP contribution in [0.2, 0.25) is 0 Å². The maximum Gasteiger partial charge on any atom is 0.227 e. The summed E-state index contributed by atoms with van der Waals surface area (Å²) in [4.78, 5) is 26.4. The first-order chi connectivity index (χ1) is 13.3. The van der Waals surface area contributed by atoms with E-state index >= 15 is 0 Å². The monoisotopic (exact) mass is 400 g/mol. The van der Waals surface area contributed by atoms with Crippen molar-refractivity contribution in [1.29, 1.82) is 0 Å². The molecule has 7 heteroatoms. The van der Waals surface area contributed by atoms with Crippen LogP contribution in [0.3, 0.4) is 0 Å². The molecule has 1 aliphatic heterocycles. The summed E-state index contributed by atoms with van der Waals surface area (Å²) in [5.74, 6) is -0.264. The van der Waals surface area contributed by atoms with Gasteiger partial charge in [-0.25, -0.2) is 8.42 Å². The molecule has 0 saturated heterocycles. The molecule has 1 N–H and O–H groups in total. The summed E-state index contributed by atoms with van der Waals surface area (Å²) in [6.07, 6.45) is 2.81. The molecule has 0 unspecified atom stereocenters. The Morgan fingerprint density at radius 3 is 2.54 bits per heavy atom. The van der Waals surface area contributed by atoms with Gasteiger partial charge in [-0.2, -0.15) is 0 Å². The number of fused-ring (bicyclic) bond motifs is 1. The number of nitrogens with one attached hydrogen (secondary N) is 1. The highest BCUT2D eigenvalue weighted by Crippen LogP contribution is 2.30. The largest absolute Gasteiger partial charge is 0.356 e. The van der Waals surface area contributed by atoms with E-state index < -0.39 is 9.84 Å². The number of benzene rings is 2. The maximum absolute atomic E-state index is 12.5. The van der Waals surface area contributed by atoms with Crippen LogP contribution in [0.1, 0.15) is 24.0 Å². The second-order valence-electron chi connectivity index (χ2n) is 6.94. The fourth-order valence-electron chi connectivity index (χ4n) is 3.30. The lowest BCUT2D eigenvalue weighted by Gasteiger charge is -2.17. The quantitative estimate of drug-likeness (QED) is 0.772. The van der Waals surface area contributed by atoms with Gasteiger partial charge in [0.25, 0.3) is 0 Å². The zero-order valence-corrected chi connectivity index (χ0v) is 16.7. The van der Waals surface area contributed by atoms with Gasteiger partial charge >= 0.3 is 0 Å². The number of amides is 2. The second kappa shape index (κ2) is 8.56. The average molecular weight is 401 g/mol. The highest BCUT2D eigenvalue weighted by molar-refractivity contribution is 7.90. The van der Waals surface area contributed by atoms with Crippen LogP contribution < -0.4 is 10.2 Å². The van der Waals surface area contributed by atoms with Gasteiger partial charge in [-0.3, -0.25) is 9.59 Å². The first-order valence-corrected chi connectivity index (χ1v) is 11.2. The third kappa shape index (κ3) is 4.98. The summed E-state index contributed by atoms with van der Waals surface area (Å²) in [6, 6.07) is 14.7. The Hall–Kier alpha value is -2.67. The van der Waals surface area contributed by atoms with Gasteiger partial charge in [0.15, 0.2) is 9.84 Å². The number of hydrogen-bond acceptors (Lipinski definition) is 4. The summed E-state index contributed by atoms with van der Waals surface area (Å²) in [5, 5.41) is 2.84. The standard InChI is InChI=1S/C21H24N2O4S/c1-28(26,27)18-7-8-19-17(15-18)12-14-23(19)21(25)10-9-20(24)22-13-11-16-5-3-2-4-6-16/h2-8,15H,9-14H2,1H3,(H,22,24). The van der Waals surface area contributed by atoms with Crippen molar-refractivity contribution >= 4 is 27.3 Å². The van der Waals surface area contributed by atoms with Crippen molar-refractivity contribution in [3.63, 3.8) is 0 Å². The number of hydrogen-bond donors (Lipinski definition) is 1. The van der Waals surface area contributed by atoms with Gasteiger partial charge in [0.2, 0.25) is 11.8 Å². The Labute approximate surface area is 165 Å². The molecule has 6 nitrogen and oxygen atoms in total. The highest BCUT2D eigenvalue weighted by atomic mass is 32.2. The van der Waals surface area contributed by atoms with Crippen LogP contribution in [0, 0.1) is 0 Å². The molecular formula is C21H24N2O4S. The Morgan fingerprint density at radius 2 is 1.82 bits per heavy atom. The molecular weight excluding hydrogens is 376 g/mol. The number of carbonyl (C=O) groups excluding carboxylic acids is 2. The van der Waals surface area contributed by atoms with Gasteiger partial charge in [0, 0.05) is 37.9 Å². The summed E-state index contributed by atoms with van der Waals surface area (Å²) in [6.45, 7) is 1.05. The van der Waals surface area contributed by atoms with Gasteiger partial charge < -0.3 is 10.2 Å². The van der Waals surface area contributed by atoms with Crippen molar-refractivity contribution < 1.29 is 18.0 Å². The van der Waals surface area contributed by atoms with Crippen molar-refractivity contribution in [2.45, 2.75) is 30.6 Å². The van der Waals surface area contributed by atoms with E-state index in [1.807, 2.05) is 30.3 Å². The Kier molecular flexibility index (Phi) is 6.14. The molecule has 0 aliphatic carbocycles. The SMILES string of the molecule is CS(=O)(=O)c1ccc2c(c1)CCN2C(=O)CCC(=O)NCCc1ccccc1. The van der Waals surface area contributed by atoms with Crippen LogP contribution in [0.25, 0.3) is 0 Å². The third-order valence-corrected chi connectivity index (χ3v) is 5.93. The Bertz CT molecular complexity index is 971. The van der Waals surface area contributed by atoms with E-state index in [4.69, 9.17) is 0 Å². The van der Waals surface area contributed by atoms with Crippen LogP contribution in [0.15, 0.2) is 53.4 Å². The molecule has 0 atom stereocenters. The minimum atomic E-state index is -3.27. The third-order valence-electron chi connectivity index (χ3n) is 4.82. The molecule has 2 amide bonds. The summed E-state index contributed by atoms with van der Waals surface area (Å²) >= 11 is 0. The second-order valence-corrected chi connectivity index (χ2v) is 8.96. The molecule has 2 aromatic carbocycles. The van der Waals surface area contributed by atoms with Crippen molar-refractivity contribution in [2.24, 2.45) is 0 Å². The lowest BCUT2D eigenvalue weighted by molar-refractivity contribution is -0.125. The first kappa shape index (κ1) is 20.1. The fourth-order valence-corrected chi connectivity index (χ4v) is 3.97. The summed E-state index contributed by atoms with van der Waals surface area (Å²) in [5.41, 5.74) is 2.74. The van der Waals surface area contributed by atoms with Gasteiger partial charge in [-0.15, -0.1) is 0 Å². The van der Waals surface area contributed by atoms with Crippen molar-refractivity contribution in [2.75, 3.05) is 24.2 Å². The molecule has 0 bridgehead atoms. The van der Waals surface area contributed by atoms with E-state index in [9.17, 15) is 18.0 Å². The Morgan fingerprint density at radius 1 is 1.07 bits per heavy atom. The highest BCUT2D eigenvalue weighted by Gasteiger charge is 2.26. The number of nitrogens with zero attached hydrogens (tertiary/aromatic N) is 1. The van der Waals surface area contributed by atoms with Gasteiger partial charge in [-0.1, -0.05) is 30.3 Å². The molecule has 0 fully saturated rings. The first-order valence-electron chi connectivity index (χ1n) is 9.28. The average Bonchev–Trinajstić information content (AvgIpc) is 3.09. The molecule has 1 aliphatic rings. The summed E-state index contributed by atoms with van der Waals surface area (Å²) in [7, 11) is -3.27. The number of anilines is 1. The number of carbonyl (C=O) groups is 2. The predicted molar refractivity (Wildman–Crippen MR) is 108 cm³/mol. The lowest BCUT2D eigenvalue weighted by atomic mass is 10.1. The van der Waals surface area contributed by atoms with Crippen molar-refractivity contribution in [3.8, 4) is 0 Å². The van der Waals surface area contributed by atoms with Crippen LogP contribution in [0.5, 0.6) is 0 Å². The van der Waals surface area contributed by atoms with E-state index in [-0.39, 0.29) is 29.6 Å². The molecule has 3 rings (SSSR count). The van der Waals surface area contributed by atoms with E-state index in [1.165, 1.54) is 12.3 Å². The van der Waals surface area contributed by atoms with Crippen LogP contribution >= 0.6 is 0 Å². The fraction of sp³-hybridized carbons (Fsp3) is 0.333. The van der Waals surface area contributed by atoms with E-state index in [1.54, 1.807) is 17.0 Å². The number of sulfone groups is 1. The number of rotatable bonds is 7. The molecule has 2 aromatic rings. The van der Waals surface area contributed by atoms with Crippen LogP contribution in [-0.4, -0.2) is 39.6 Å². The molecule has 148 valence electrons. The molecule has 1 heterocycles. The zero-order valence-electron chi connectivity index (χ0n) is 15.8. The van der Waals surface area contributed by atoms with Gasteiger partial charge in [-0.05, 0) is 42.2 Å².